The largest absolute Gasteiger partial charge is 0.486 e. The van der Waals surface area contributed by atoms with Crippen molar-refractivity contribution >= 4 is 17.7 Å². The lowest BCUT2D eigenvalue weighted by molar-refractivity contribution is -0.138. The molecule has 134 valence electrons. The van der Waals surface area contributed by atoms with Crippen LogP contribution in [0.25, 0.3) is 0 Å². The van der Waals surface area contributed by atoms with Gasteiger partial charge in [0.1, 0.15) is 13.2 Å². The van der Waals surface area contributed by atoms with E-state index >= 15 is 0 Å². The molecule has 3 rings (SSSR count). The van der Waals surface area contributed by atoms with E-state index in [2.05, 4.69) is 5.32 Å². The zero-order chi connectivity index (χ0) is 18.0. The van der Waals surface area contributed by atoms with E-state index in [1.54, 1.807) is 0 Å². The molecule has 2 heterocycles. The normalized spacial score (nSPS) is 17.0. The first-order chi connectivity index (χ1) is 11.9. The van der Waals surface area contributed by atoms with E-state index in [0.29, 0.717) is 24.7 Å². The second-order valence-corrected chi connectivity index (χ2v) is 6.72. The van der Waals surface area contributed by atoms with Crippen molar-refractivity contribution in [1.82, 2.24) is 10.2 Å². The van der Waals surface area contributed by atoms with Crippen LogP contribution in [-0.2, 0) is 19.9 Å². The van der Waals surface area contributed by atoms with Crippen LogP contribution in [0.4, 0.5) is 0 Å². The minimum atomic E-state index is -0.619. The van der Waals surface area contributed by atoms with E-state index in [1.165, 1.54) is 0 Å². The van der Waals surface area contributed by atoms with Gasteiger partial charge in [-0.3, -0.25) is 19.3 Å². The lowest BCUT2D eigenvalue weighted by atomic mass is 9.93. The zero-order valence-corrected chi connectivity index (χ0v) is 14.5. The highest BCUT2D eigenvalue weighted by atomic mass is 16.6. The number of nitrogens with one attached hydrogen (secondary N) is 1. The molecule has 0 atom stereocenters. The molecule has 1 fully saturated rings. The summed E-state index contributed by atoms with van der Waals surface area (Å²) in [7, 11) is 0. The van der Waals surface area contributed by atoms with Gasteiger partial charge in [-0.1, -0.05) is 6.07 Å². The zero-order valence-electron chi connectivity index (χ0n) is 14.5. The van der Waals surface area contributed by atoms with Crippen molar-refractivity contribution in [2.75, 3.05) is 19.8 Å². The minimum Gasteiger partial charge on any atom is -0.486 e. The van der Waals surface area contributed by atoms with Gasteiger partial charge < -0.3 is 14.8 Å². The molecule has 2 aliphatic heterocycles. The average molecular weight is 346 g/mol. The number of ether oxygens (including phenoxy) is 2. The summed E-state index contributed by atoms with van der Waals surface area (Å²) in [5.41, 5.74) is 0.268. The molecule has 0 unspecified atom stereocenters. The number of imide groups is 1. The lowest BCUT2D eigenvalue weighted by Gasteiger charge is -2.29. The molecule has 2 aliphatic rings. The van der Waals surface area contributed by atoms with E-state index in [9.17, 15) is 14.4 Å². The SMILES string of the molecule is CC(C)(NC(=O)CCN1C(=O)CCC1=O)c1ccc2c(c1)OCCO2. The van der Waals surface area contributed by atoms with Gasteiger partial charge in [0.05, 0.1) is 5.54 Å². The maximum Gasteiger partial charge on any atom is 0.229 e. The van der Waals surface area contributed by atoms with Crippen LogP contribution in [0.5, 0.6) is 11.5 Å². The van der Waals surface area contributed by atoms with Gasteiger partial charge in [0, 0.05) is 25.8 Å². The first kappa shape index (κ1) is 17.3. The fourth-order valence-electron chi connectivity index (χ4n) is 3.00. The van der Waals surface area contributed by atoms with Gasteiger partial charge in [-0.2, -0.15) is 0 Å². The number of amides is 3. The van der Waals surface area contributed by atoms with Crippen LogP contribution in [0, 0.1) is 0 Å². The summed E-state index contributed by atoms with van der Waals surface area (Å²) in [6, 6.07) is 5.59. The smallest absolute Gasteiger partial charge is 0.229 e. The van der Waals surface area contributed by atoms with Crippen LogP contribution in [0.15, 0.2) is 18.2 Å². The third-order valence-corrected chi connectivity index (χ3v) is 4.43. The predicted octanol–water partition coefficient (Wildman–Crippen LogP) is 1.35. The van der Waals surface area contributed by atoms with Gasteiger partial charge in [0.2, 0.25) is 17.7 Å². The first-order valence-electron chi connectivity index (χ1n) is 8.41. The molecule has 0 spiro atoms. The second-order valence-electron chi connectivity index (χ2n) is 6.72. The van der Waals surface area contributed by atoms with Crippen LogP contribution in [0.2, 0.25) is 0 Å². The van der Waals surface area contributed by atoms with Crippen LogP contribution in [-0.4, -0.2) is 42.4 Å². The Balaban J connectivity index is 1.61. The lowest BCUT2D eigenvalue weighted by Crippen LogP contribution is -2.42. The molecule has 0 aromatic heterocycles. The molecule has 1 N–H and O–H groups in total. The van der Waals surface area contributed by atoms with E-state index < -0.39 is 5.54 Å². The quantitative estimate of drug-likeness (QED) is 0.814. The van der Waals surface area contributed by atoms with Crippen LogP contribution < -0.4 is 14.8 Å². The Labute approximate surface area is 146 Å². The molecule has 0 bridgehead atoms. The summed E-state index contributed by atoms with van der Waals surface area (Å²) in [5, 5.41) is 2.95. The molecule has 7 heteroatoms. The molecule has 0 radical (unpaired) electrons. The monoisotopic (exact) mass is 346 g/mol. The minimum absolute atomic E-state index is 0.0888. The van der Waals surface area contributed by atoms with Crippen molar-refractivity contribution in [1.29, 1.82) is 0 Å². The number of nitrogens with zero attached hydrogens (tertiary/aromatic N) is 1. The second kappa shape index (κ2) is 6.74. The third-order valence-electron chi connectivity index (χ3n) is 4.43. The Morgan fingerprint density at radius 2 is 1.76 bits per heavy atom. The summed E-state index contributed by atoms with van der Waals surface area (Å²) in [6.45, 7) is 4.94. The fraction of sp³-hybridized carbons (Fsp3) is 0.500. The van der Waals surface area contributed by atoms with Crippen molar-refractivity contribution in [3.05, 3.63) is 23.8 Å². The Hall–Kier alpha value is -2.57. The van der Waals surface area contributed by atoms with E-state index in [-0.39, 0.29) is 43.5 Å². The summed E-state index contributed by atoms with van der Waals surface area (Å²) in [5.74, 6) is 0.739. The van der Waals surface area contributed by atoms with Crippen molar-refractivity contribution in [2.45, 2.75) is 38.6 Å². The van der Waals surface area contributed by atoms with Crippen molar-refractivity contribution in [3.63, 3.8) is 0 Å². The number of rotatable bonds is 5. The Bertz CT molecular complexity index is 697. The number of carbonyl (C=O) groups is 3. The molecule has 1 aromatic carbocycles. The third kappa shape index (κ3) is 3.75. The van der Waals surface area contributed by atoms with Gasteiger partial charge in [-0.25, -0.2) is 0 Å². The maximum atomic E-state index is 12.3. The van der Waals surface area contributed by atoms with E-state index in [1.807, 2.05) is 32.0 Å². The Morgan fingerprint density at radius 1 is 1.12 bits per heavy atom. The fourth-order valence-corrected chi connectivity index (χ4v) is 3.00. The molecule has 0 aliphatic carbocycles. The standard InChI is InChI=1S/C18H22N2O5/c1-18(2,12-3-4-13-14(11-12)25-10-9-24-13)19-15(21)7-8-20-16(22)5-6-17(20)23/h3-4,11H,5-10H2,1-2H3,(H,19,21). The number of carbonyl (C=O) groups excluding carboxylic acids is 3. The van der Waals surface area contributed by atoms with E-state index in [4.69, 9.17) is 9.47 Å². The van der Waals surface area contributed by atoms with Gasteiger partial charge in [-0.15, -0.1) is 0 Å². The summed E-state index contributed by atoms with van der Waals surface area (Å²) in [6.07, 6.45) is 0.567. The van der Waals surface area contributed by atoms with Crippen LogP contribution in [0.3, 0.4) is 0 Å². The Morgan fingerprint density at radius 3 is 2.44 bits per heavy atom. The number of likely N-dealkylation sites (tertiary alicyclic amines) is 1. The van der Waals surface area contributed by atoms with Crippen molar-refractivity contribution in [3.8, 4) is 11.5 Å². The number of hydrogen-bond acceptors (Lipinski definition) is 5. The summed E-state index contributed by atoms with van der Waals surface area (Å²) >= 11 is 0. The molecular formula is C18H22N2O5. The number of fused-ring (bicyclic) bond motifs is 1. The van der Waals surface area contributed by atoms with Gasteiger partial charge in [0.15, 0.2) is 11.5 Å². The van der Waals surface area contributed by atoms with Crippen LogP contribution in [0.1, 0.15) is 38.7 Å². The summed E-state index contributed by atoms with van der Waals surface area (Å²) < 4.78 is 11.1. The highest BCUT2D eigenvalue weighted by molar-refractivity contribution is 6.02. The van der Waals surface area contributed by atoms with Gasteiger partial charge >= 0.3 is 0 Å². The Kier molecular flexibility index (Phi) is 4.65. The first-order valence-corrected chi connectivity index (χ1v) is 8.41. The molecule has 7 nitrogen and oxygen atoms in total. The van der Waals surface area contributed by atoms with Crippen LogP contribution >= 0.6 is 0 Å². The summed E-state index contributed by atoms with van der Waals surface area (Å²) in [4.78, 5) is 36.6. The van der Waals surface area contributed by atoms with Gasteiger partial charge in [0.25, 0.3) is 0 Å². The predicted molar refractivity (Wildman–Crippen MR) is 89.2 cm³/mol. The highest BCUT2D eigenvalue weighted by Crippen LogP contribution is 2.34. The van der Waals surface area contributed by atoms with Crippen molar-refractivity contribution in [2.24, 2.45) is 0 Å². The molecule has 1 saturated heterocycles. The molecule has 3 amide bonds. The van der Waals surface area contributed by atoms with E-state index in [0.717, 1.165) is 10.5 Å². The van der Waals surface area contributed by atoms with Gasteiger partial charge in [-0.05, 0) is 31.5 Å². The number of hydrogen-bond donors (Lipinski definition) is 1. The topological polar surface area (TPSA) is 84.9 Å². The molecule has 25 heavy (non-hydrogen) atoms. The highest BCUT2D eigenvalue weighted by Gasteiger charge is 2.30. The molecular weight excluding hydrogens is 324 g/mol. The van der Waals surface area contributed by atoms with Crippen molar-refractivity contribution < 1.29 is 23.9 Å². The molecule has 0 saturated carbocycles. The molecule has 1 aromatic rings. The average Bonchev–Trinajstić information content (AvgIpc) is 2.90. The maximum absolute atomic E-state index is 12.3. The number of benzene rings is 1.